The molecule has 22 heavy (non-hydrogen) atoms. The third kappa shape index (κ3) is 3.58. The number of H-pyrrole nitrogens is 1. The van der Waals surface area contributed by atoms with Crippen molar-refractivity contribution >= 4 is 5.91 Å². The number of hydrogen-bond donors (Lipinski definition) is 2. The molecule has 1 amide bonds. The molecule has 5 nitrogen and oxygen atoms in total. The first-order valence-electron chi connectivity index (χ1n) is 7.09. The highest BCUT2D eigenvalue weighted by Crippen LogP contribution is 2.21. The van der Waals surface area contributed by atoms with Crippen LogP contribution in [0.4, 0.5) is 4.39 Å². The summed E-state index contributed by atoms with van der Waals surface area (Å²) in [5.41, 5.74) is 0.552. The Bertz CT molecular complexity index is 755. The number of nitrogens with one attached hydrogen (secondary N) is 2. The summed E-state index contributed by atoms with van der Waals surface area (Å²) in [6.07, 6.45) is 0.764. The van der Waals surface area contributed by atoms with E-state index in [4.69, 9.17) is 0 Å². The second-order valence-electron chi connectivity index (χ2n) is 5.25. The van der Waals surface area contributed by atoms with Crippen molar-refractivity contribution < 1.29 is 9.18 Å². The Labute approximate surface area is 127 Å². The third-order valence-electron chi connectivity index (χ3n) is 3.38. The van der Waals surface area contributed by atoms with E-state index in [1.54, 1.807) is 12.1 Å². The number of aromatic amines is 1. The number of benzene rings is 1. The fraction of sp³-hybridized carbons (Fsp3) is 0.312. The SMILES string of the molecule is CCC(C)NC(=O)c1cc(-c2cc(C)ccc2F)nc(=O)[nH]1. The lowest BCUT2D eigenvalue weighted by atomic mass is 10.1. The number of halogens is 1. The van der Waals surface area contributed by atoms with Crippen molar-refractivity contribution in [2.45, 2.75) is 33.2 Å². The number of carbonyl (C=O) groups is 1. The number of carbonyl (C=O) groups excluding carboxylic acids is 1. The lowest BCUT2D eigenvalue weighted by Crippen LogP contribution is -2.33. The van der Waals surface area contributed by atoms with Gasteiger partial charge in [0, 0.05) is 11.6 Å². The van der Waals surface area contributed by atoms with E-state index in [9.17, 15) is 14.0 Å². The van der Waals surface area contributed by atoms with E-state index in [1.807, 2.05) is 20.8 Å². The number of aromatic nitrogens is 2. The van der Waals surface area contributed by atoms with Gasteiger partial charge in [-0.2, -0.15) is 4.98 Å². The van der Waals surface area contributed by atoms with Gasteiger partial charge in [0.2, 0.25) is 0 Å². The van der Waals surface area contributed by atoms with Crippen molar-refractivity contribution in [3.05, 3.63) is 51.8 Å². The van der Waals surface area contributed by atoms with Crippen molar-refractivity contribution in [2.75, 3.05) is 0 Å². The van der Waals surface area contributed by atoms with E-state index < -0.39 is 17.4 Å². The molecule has 0 radical (unpaired) electrons. The summed E-state index contributed by atoms with van der Waals surface area (Å²) in [4.78, 5) is 29.9. The molecule has 0 spiro atoms. The molecule has 1 heterocycles. The van der Waals surface area contributed by atoms with Gasteiger partial charge in [-0.15, -0.1) is 0 Å². The molecule has 2 aromatic rings. The minimum atomic E-state index is -0.687. The molecule has 6 heteroatoms. The first-order valence-corrected chi connectivity index (χ1v) is 7.09. The number of amides is 1. The van der Waals surface area contributed by atoms with E-state index >= 15 is 0 Å². The predicted octanol–water partition coefficient (Wildman–Crippen LogP) is 2.41. The molecule has 1 unspecified atom stereocenters. The standard InChI is InChI=1S/C16H18FN3O2/c1-4-10(3)18-15(21)14-8-13(19-16(22)20-14)11-7-9(2)5-6-12(11)17/h5-8,10H,4H2,1-3H3,(H,18,21)(H,19,20,22). The second kappa shape index (κ2) is 6.51. The van der Waals surface area contributed by atoms with E-state index in [0.717, 1.165) is 12.0 Å². The molecule has 1 aromatic carbocycles. The molecule has 0 aliphatic carbocycles. The number of hydrogen-bond acceptors (Lipinski definition) is 3. The number of rotatable bonds is 4. The second-order valence-corrected chi connectivity index (χ2v) is 5.25. The Morgan fingerprint density at radius 1 is 1.41 bits per heavy atom. The maximum atomic E-state index is 13.9. The van der Waals surface area contributed by atoms with Crippen LogP contribution in [0.3, 0.4) is 0 Å². The van der Waals surface area contributed by atoms with Gasteiger partial charge >= 0.3 is 5.69 Å². The first kappa shape index (κ1) is 15.9. The van der Waals surface area contributed by atoms with Gasteiger partial charge < -0.3 is 10.3 Å². The normalized spacial score (nSPS) is 12.0. The van der Waals surface area contributed by atoms with Crippen molar-refractivity contribution in [3.63, 3.8) is 0 Å². The Hall–Kier alpha value is -2.50. The number of aryl methyl sites for hydroxylation is 1. The number of nitrogens with zero attached hydrogens (tertiary/aromatic N) is 1. The van der Waals surface area contributed by atoms with Gasteiger partial charge in [-0.05, 0) is 38.5 Å². The van der Waals surface area contributed by atoms with Crippen molar-refractivity contribution in [3.8, 4) is 11.3 Å². The zero-order chi connectivity index (χ0) is 16.3. The van der Waals surface area contributed by atoms with Gasteiger partial charge in [-0.3, -0.25) is 4.79 Å². The Morgan fingerprint density at radius 2 is 2.14 bits per heavy atom. The van der Waals surface area contributed by atoms with Crippen LogP contribution >= 0.6 is 0 Å². The molecule has 0 fully saturated rings. The largest absolute Gasteiger partial charge is 0.348 e. The minimum absolute atomic E-state index is 0.0247. The molecule has 0 aliphatic rings. The molecule has 0 bridgehead atoms. The summed E-state index contributed by atoms with van der Waals surface area (Å²) in [5, 5.41) is 2.75. The highest BCUT2D eigenvalue weighted by molar-refractivity contribution is 5.93. The smallest absolute Gasteiger partial charge is 0.346 e. The minimum Gasteiger partial charge on any atom is -0.348 e. The fourth-order valence-corrected chi connectivity index (χ4v) is 1.96. The van der Waals surface area contributed by atoms with E-state index in [2.05, 4.69) is 15.3 Å². The molecular weight excluding hydrogens is 285 g/mol. The molecule has 2 rings (SSSR count). The van der Waals surface area contributed by atoms with E-state index in [1.165, 1.54) is 12.1 Å². The quantitative estimate of drug-likeness (QED) is 0.911. The highest BCUT2D eigenvalue weighted by Gasteiger charge is 2.14. The van der Waals surface area contributed by atoms with Crippen LogP contribution in [0, 0.1) is 12.7 Å². The maximum Gasteiger partial charge on any atom is 0.346 e. The summed E-state index contributed by atoms with van der Waals surface area (Å²) in [7, 11) is 0. The lowest BCUT2D eigenvalue weighted by molar-refractivity contribution is 0.0933. The topological polar surface area (TPSA) is 74.8 Å². The van der Waals surface area contributed by atoms with Crippen LogP contribution in [0.2, 0.25) is 0 Å². The first-order chi connectivity index (χ1) is 10.4. The van der Waals surface area contributed by atoms with Gasteiger partial charge in [0.05, 0.1) is 5.69 Å². The van der Waals surface area contributed by atoms with Crippen LogP contribution in [0.1, 0.15) is 36.3 Å². The predicted molar refractivity (Wildman–Crippen MR) is 82.2 cm³/mol. The lowest BCUT2D eigenvalue weighted by Gasteiger charge is -2.11. The van der Waals surface area contributed by atoms with Crippen LogP contribution < -0.4 is 11.0 Å². The van der Waals surface area contributed by atoms with Crippen LogP contribution in [0.15, 0.2) is 29.1 Å². The van der Waals surface area contributed by atoms with Crippen molar-refractivity contribution in [2.24, 2.45) is 0 Å². The van der Waals surface area contributed by atoms with Crippen molar-refractivity contribution in [1.29, 1.82) is 0 Å². The molecule has 116 valence electrons. The van der Waals surface area contributed by atoms with Gasteiger partial charge in [-0.1, -0.05) is 18.6 Å². The average Bonchev–Trinajstić information content (AvgIpc) is 2.48. The zero-order valence-electron chi connectivity index (χ0n) is 12.7. The van der Waals surface area contributed by atoms with Crippen LogP contribution in [-0.2, 0) is 0 Å². The van der Waals surface area contributed by atoms with Gasteiger partial charge in [0.1, 0.15) is 11.5 Å². The maximum absolute atomic E-state index is 13.9. The van der Waals surface area contributed by atoms with Crippen LogP contribution in [0.25, 0.3) is 11.3 Å². The van der Waals surface area contributed by atoms with E-state index in [-0.39, 0.29) is 23.0 Å². The fourth-order valence-electron chi connectivity index (χ4n) is 1.96. The van der Waals surface area contributed by atoms with Crippen molar-refractivity contribution in [1.82, 2.24) is 15.3 Å². The molecule has 0 saturated carbocycles. The molecule has 0 aliphatic heterocycles. The molecule has 1 aromatic heterocycles. The monoisotopic (exact) mass is 303 g/mol. The summed E-state index contributed by atoms with van der Waals surface area (Å²) < 4.78 is 13.9. The summed E-state index contributed by atoms with van der Waals surface area (Å²) in [6, 6.07) is 5.89. The average molecular weight is 303 g/mol. The van der Waals surface area contributed by atoms with Gasteiger partial charge in [0.25, 0.3) is 5.91 Å². The summed E-state index contributed by atoms with van der Waals surface area (Å²) >= 11 is 0. The van der Waals surface area contributed by atoms with Crippen LogP contribution in [-0.4, -0.2) is 21.9 Å². The third-order valence-corrected chi connectivity index (χ3v) is 3.38. The molecular formula is C16H18FN3O2. The Balaban J connectivity index is 2.45. The molecule has 0 saturated heterocycles. The highest BCUT2D eigenvalue weighted by atomic mass is 19.1. The molecule has 2 N–H and O–H groups in total. The Kier molecular flexibility index (Phi) is 4.70. The molecule has 1 atom stereocenters. The summed E-state index contributed by atoms with van der Waals surface area (Å²) in [6.45, 7) is 5.61. The van der Waals surface area contributed by atoms with E-state index in [0.29, 0.717) is 0 Å². The Morgan fingerprint density at radius 3 is 2.82 bits per heavy atom. The van der Waals surface area contributed by atoms with Crippen LogP contribution in [0.5, 0.6) is 0 Å². The van der Waals surface area contributed by atoms with Gasteiger partial charge in [0.15, 0.2) is 0 Å². The van der Waals surface area contributed by atoms with Gasteiger partial charge in [-0.25, -0.2) is 9.18 Å². The summed E-state index contributed by atoms with van der Waals surface area (Å²) in [5.74, 6) is -0.903. The zero-order valence-corrected chi connectivity index (χ0v) is 12.7.